The molecule has 0 aliphatic carbocycles. The van der Waals surface area contributed by atoms with Gasteiger partial charge >= 0.3 is 5.82 Å². The molecule has 0 unspecified atom stereocenters. The van der Waals surface area contributed by atoms with Gasteiger partial charge in [-0.25, -0.2) is 25.2 Å². The van der Waals surface area contributed by atoms with Crippen molar-refractivity contribution in [3.05, 3.63) is 12.0 Å². The molecule has 1 aliphatic heterocycles. The summed E-state index contributed by atoms with van der Waals surface area (Å²) < 4.78 is 1.13. The minimum absolute atomic E-state index is 0.662. The first-order chi connectivity index (χ1) is 3.80. The molecular formula is C2H4N4S2. The van der Waals surface area contributed by atoms with Crippen molar-refractivity contribution in [2.24, 2.45) is 0 Å². The van der Waals surface area contributed by atoms with Crippen LogP contribution in [0.4, 0.5) is 0 Å². The molecule has 0 aromatic heterocycles. The molecule has 1 rings (SSSR count). The molecule has 0 radical (unpaired) electrons. The van der Waals surface area contributed by atoms with E-state index in [4.69, 9.17) is 0 Å². The van der Waals surface area contributed by atoms with Gasteiger partial charge in [-0.2, -0.15) is 5.43 Å². The van der Waals surface area contributed by atoms with E-state index in [9.17, 15) is 0 Å². The van der Waals surface area contributed by atoms with E-state index < -0.39 is 0 Å². The number of hydrogen-bond donors (Lipinski definition) is 3. The Kier molecular flexibility index (Phi) is 1.56. The minimum atomic E-state index is 0.662. The van der Waals surface area contributed by atoms with Crippen molar-refractivity contribution in [1.82, 2.24) is 16.4 Å². The minimum Gasteiger partial charge on any atom is -0.286 e. The second-order valence-corrected chi connectivity index (χ2v) is 2.14. The zero-order chi connectivity index (χ0) is 5.98. The molecule has 4 nitrogen and oxygen atoms in total. The van der Waals surface area contributed by atoms with Crippen LogP contribution in [0.3, 0.4) is 0 Å². The third kappa shape index (κ3) is 1.03. The highest BCUT2D eigenvalue weighted by atomic mass is 32.2. The molecule has 0 amide bonds. The molecule has 0 aromatic rings. The van der Waals surface area contributed by atoms with Crippen LogP contribution >= 0.6 is 0 Å². The van der Waals surface area contributed by atoms with Crippen LogP contribution in [0.1, 0.15) is 0 Å². The van der Waals surface area contributed by atoms with E-state index in [1.165, 1.54) is 0 Å². The maximum atomic E-state index is 4.58. The Morgan fingerprint density at radius 2 is 2.50 bits per heavy atom. The van der Waals surface area contributed by atoms with Crippen molar-refractivity contribution in [3.8, 4) is 0 Å². The van der Waals surface area contributed by atoms with Crippen molar-refractivity contribution in [3.63, 3.8) is 0 Å². The molecule has 0 atom stereocenters. The molecule has 0 saturated heterocycles. The summed E-state index contributed by atoms with van der Waals surface area (Å²) in [6.07, 6.45) is 1.64. The molecule has 3 N–H and O–H groups in total. The maximum absolute atomic E-state index is 4.58. The largest absolute Gasteiger partial charge is 0.304 e. The number of hydrazine groups is 2. The van der Waals surface area contributed by atoms with Crippen LogP contribution in [-0.2, 0) is 25.2 Å². The van der Waals surface area contributed by atoms with Gasteiger partial charge in [-0.05, 0) is 0 Å². The molecule has 0 aromatic carbocycles. The summed E-state index contributed by atoms with van der Waals surface area (Å²) in [5, 5.41) is 0. The lowest BCUT2D eigenvalue weighted by molar-refractivity contribution is -0.255. The van der Waals surface area contributed by atoms with E-state index in [0.29, 0.717) is 5.82 Å². The molecule has 8 heavy (non-hydrogen) atoms. The summed E-state index contributed by atoms with van der Waals surface area (Å²) in [7, 11) is 0. The summed E-state index contributed by atoms with van der Waals surface area (Å²) in [5.74, 6) is 0.662. The Balaban J connectivity index is 2.57. The predicted octanol–water partition coefficient (Wildman–Crippen LogP) is -1.40. The monoisotopic (exact) mass is 148 g/mol. The van der Waals surface area contributed by atoms with Gasteiger partial charge in [-0.3, -0.25) is 8.78 Å². The van der Waals surface area contributed by atoms with Gasteiger partial charge in [0, 0.05) is 0 Å². The highest BCUT2D eigenvalue weighted by Gasteiger charge is 2.06. The average Bonchev–Trinajstić information content (AvgIpc) is 2.12. The second kappa shape index (κ2) is 2.21. The smallest absolute Gasteiger partial charge is 0.286 e. The van der Waals surface area contributed by atoms with Gasteiger partial charge in [0.05, 0.1) is 0 Å². The first kappa shape index (κ1) is 5.67. The Bertz CT molecular complexity index is 141. The molecular weight excluding hydrogens is 144 g/mol. The van der Waals surface area contributed by atoms with E-state index >= 15 is 0 Å². The summed E-state index contributed by atoms with van der Waals surface area (Å²) in [6, 6.07) is 0. The van der Waals surface area contributed by atoms with Gasteiger partial charge in [0.15, 0.2) is 0 Å². The first-order valence-corrected chi connectivity index (χ1v) is 2.65. The van der Waals surface area contributed by atoms with E-state index in [1.807, 2.05) is 0 Å². The highest BCUT2D eigenvalue weighted by Crippen LogP contribution is 1.86. The number of hydrogen-bond acceptors (Lipinski definition) is 5. The van der Waals surface area contributed by atoms with Crippen LogP contribution in [0, 0.1) is 0 Å². The first-order valence-electron chi connectivity index (χ1n) is 1.92. The fraction of sp³-hybridized carbons (Fsp3) is 0. The van der Waals surface area contributed by atoms with Gasteiger partial charge in [0.1, 0.15) is 6.20 Å². The Morgan fingerprint density at radius 1 is 1.75 bits per heavy atom. The zero-order valence-electron chi connectivity index (χ0n) is 3.84. The highest BCUT2D eigenvalue weighted by molar-refractivity contribution is 7.58. The lowest BCUT2D eigenvalue weighted by Crippen LogP contribution is -2.33. The van der Waals surface area contributed by atoms with E-state index in [0.717, 1.165) is 3.35 Å². The lowest BCUT2D eigenvalue weighted by Gasteiger charge is -1.96. The van der Waals surface area contributed by atoms with Crippen LogP contribution in [-0.4, -0.2) is 3.35 Å². The van der Waals surface area contributed by atoms with Crippen LogP contribution < -0.4 is 16.4 Å². The van der Waals surface area contributed by atoms with Gasteiger partial charge in [0.25, 0.3) is 0 Å². The summed E-state index contributed by atoms with van der Waals surface area (Å²) >= 11 is 9.15. The zero-order valence-corrected chi connectivity index (χ0v) is 5.47. The maximum Gasteiger partial charge on any atom is 0.304 e. The van der Waals surface area contributed by atoms with Crippen LogP contribution in [0.15, 0.2) is 12.0 Å². The van der Waals surface area contributed by atoms with E-state index in [-0.39, 0.29) is 0 Å². The third-order valence-electron chi connectivity index (χ3n) is 0.668. The molecule has 0 fully saturated rings. The molecule has 1 aliphatic rings. The van der Waals surface area contributed by atoms with E-state index in [2.05, 4.69) is 41.6 Å². The van der Waals surface area contributed by atoms with Gasteiger partial charge < -0.3 is 0 Å². The van der Waals surface area contributed by atoms with E-state index in [1.54, 1.807) is 6.20 Å². The molecule has 1 heterocycles. The lowest BCUT2D eigenvalue weighted by atomic mass is 10.8. The van der Waals surface area contributed by atoms with Crippen molar-refractivity contribution in [2.45, 2.75) is 0 Å². The Labute approximate surface area is 57.6 Å². The van der Waals surface area contributed by atoms with Crippen molar-refractivity contribution >= 4 is 25.2 Å². The van der Waals surface area contributed by atoms with Crippen LogP contribution in [0.5, 0.6) is 0 Å². The number of nitrogens with zero attached hydrogens (tertiary/aromatic N) is 1. The molecule has 6 heteroatoms. The van der Waals surface area contributed by atoms with Gasteiger partial charge in [-0.1, -0.05) is 5.53 Å². The quantitative estimate of drug-likeness (QED) is 0.315. The SMILES string of the molecule is S=[N+]([S-])C1=CNNN1. The van der Waals surface area contributed by atoms with Gasteiger partial charge in [0.2, 0.25) is 0 Å². The average molecular weight is 148 g/mol. The fourth-order valence-corrected chi connectivity index (χ4v) is 0.536. The molecule has 0 saturated carbocycles. The van der Waals surface area contributed by atoms with Crippen LogP contribution in [0.25, 0.3) is 0 Å². The van der Waals surface area contributed by atoms with Crippen molar-refractivity contribution in [1.29, 1.82) is 0 Å². The topological polar surface area (TPSA) is 39.1 Å². The number of nitrogens with one attached hydrogen (secondary N) is 3. The summed E-state index contributed by atoms with van der Waals surface area (Å²) in [4.78, 5) is 0. The molecule has 0 spiro atoms. The standard InChI is InChI=1S/C2H4N4S2/c7-6(8)2-1-3-5-4-2/h1,3-5H. The molecule has 0 bridgehead atoms. The normalized spacial score (nSPS) is 16.2. The summed E-state index contributed by atoms with van der Waals surface area (Å²) in [5.41, 5.74) is 7.92. The Morgan fingerprint density at radius 3 is 2.75 bits per heavy atom. The predicted molar refractivity (Wildman–Crippen MR) is 32.5 cm³/mol. The number of rotatable bonds is 1. The van der Waals surface area contributed by atoms with Crippen LogP contribution in [0.2, 0.25) is 0 Å². The van der Waals surface area contributed by atoms with Crippen molar-refractivity contribution in [2.75, 3.05) is 0 Å². The van der Waals surface area contributed by atoms with Crippen molar-refractivity contribution < 1.29 is 3.35 Å². The molecule has 44 valence electrons. The second-order valence-electron chi connectivity index (χ2n) is 1.18. The Hall–Kier alpha value is -0.460. The third-order valence-corrected chi connectivity index (χ3v) is 1.06. The summed E-state index contributed by atoms with van der Waals surface area (Å²) in [6.45, 7) is 0. The fourth-order valence-electron chi connectivity index (χ4n) is 0.339. The van der Waals surface area contributed by atoms with Gasteiger partial charge in [-0.15, -0.1) is 0 Å².